The highest BCUT2D eigenvalue weighted by Crippen LogP contribution is 2.33. The quantitative estimate of drug-likeness (QED) is 0.369. The molecule has 2 heterocycles. The van der Waals surface area contributed by atoms with Crippen LogP contribution in [-0.4, -0.2) is 27.1 Å². The van der Waals surface area contributed by atoms with Crippen molar-refractivity contribution in [2.75, 3.05) is 11.9 Å². The summed E-state index contributed by atoms with van der Waals surface area (Å²) in [4.78, 5) is 17.1. The predicted octanol–water partition coefficient (Wildman–Crippen LogP) is 6.09. The zero-order valence-electron chi connectivity index (χ0n) is 14.3. The minimum atomic E-state index is -0.430. The average Bonchev–Trinajstić information content (AvgIpc) is 3.21. The molecule has 4 rings (SSSR count). The minimum Gasteiger partial charge on any atom is -0.482 e. The number of ether oxygens (including phenoxy) is 1. The van der Waals surface area contributed by atoms with Crippen LogP contribution < -0.4 is 10.1 Å². The molecule has 0 unspecified atom stereocenters. The molecule has 1 amide bonds. The number of halogens is 4. The van der Waals surface area contributed by atoms with Crippen molar-refractivity contribution in [1.82, 2.24) is 14.6 Å². The Morgan fingerprint density at radius 1 is 1.07 bits per heavy atom. The minimum absolute atomic E-state index is 0.152. The van der Waals surface area contributed by atoms with Crippen LogP contribution in [0.15, 0.2) is 41.8 Å². The van der Waals surface area contributed by atoms with E-state index >= 15 is 0 Å². The fourth-order valence-corrected chi connectivity index (χ4v) is 4.30. The topological polar surface area (TPSA) is 68.5 Å². The number of anilines is 1. The number of hydrogen-bond donors (Lipinski definition) is 1. The van der Waals surface area contributed by atoms with E-state index in [0.29, 0.717) is 30.8 Å². The van der Waals surface area contributed by atoms with E-state index in [-0.39, 0.29) is 12.6 Å². The molecule has 11 heteroatoms. The normalized spacial score (nSPS) is 11.0. The van der Waals surface area contributed by atoms with E-state index in [2.05, 4.69) is 15.4 Å². The van der Waals surface area contributed by atoms with E-state index in [1.54, 1.807) is 34.8 Å². The van der Waals surface area contributed by atoms with Crippen LogP contribution >= 0.6 is 57.7 Å². The summed E-state index contributed by atoms with van der Waals surface area (Å²) in [6.45, 7) is -0.260. The third kappa shape index (κ3) is 4.44. The highest BCUT2D eigenvalue weighted by molar-refractivity contribution is 7.15. The molecule has 0 aliphatic carbocycles. The molecule has 0 aliphatic heterocycles. The van der Waals surface area contributed by atoms with Crippen molar-refractivity contribution in [2.24, 2.45) is 0 Å². The summed E-state index contributed by atoms with van der Waals surface area (Å²) in [5, 5.41) is 10.6. The lowest BCUT2D eigenvalue weighted by Gasteiger charge is -2.07. The molecule has 2 aromatic carbocycles. The Balaban J connectivity index is 1.49. The van der Waals surface area contributed by atoms with Gasteiger partial charge in [0.2, 0.25) is 4.96 Å². The largest absolute Gasteiger partial charge is 0.482 e. The van der Waals surface area contributed by atoms with Gasteiger partial charge in [0, 0.05) is 21.0 Å². The van der Waals surface area contributed by atoms with Gasteiger partial charge in [-0.1, -0.05) is 46.4 Å². The van der Waals surface area contributed by atoms with Gasteiger partial charge in [-0.25, -0.2) is 4.52 Å². The molecule has 6 nitrogen and oxygen atoms in total. The predicted molar refractivity (Wildman–Crippen MR) is 117 cm³/mol. The lowest BCUT2D eigenvalue weighted by atomic mass is 10.2. The molecule has 29 heavy (non-hydrogen) atoms. The van der Waals surface area contributed by atoms with Gasteiger partial charge in [0.15, 0.2) is 6.61 Å². The van der Waals surface area contributed by atoms with Crippen LogP contribution in [0.1, 0.15) is 0 Å². The van der Waals surface area contributed by atoms with Crippen LogP contribution in [0.3, 0.4) is 0 Å². The van der Waals surface area contributed by atoms with Crippen molar-refractivity contribution in [2.45, 2.75) is 0 Å². The van der Waals surface area contributed by atoms with Gasteiger partial charge in [0.05, 0.1) is 15.7 Å². The second kappa shape index (κ2) is 8.38. The molecule has 0 radical (unpaired) electrons. The van der Waals surface area contributed by atoms with Crippen molar-refractivity contribution >= 4 is 74.6 Å². The van der Waals surface area contributed by atoms with E-state index in [9.17, 15) is 4.79 Å². The number of nitrogens with one attached hydrogen (secondary N) is 1. The lowest BCUT2D eigenvalue weighted by Crippen LogP contribution is -2.21. The summed E-state index contributed by atoms with van der Waals surface area (Å²) < 4.78 is 7.01. The Labute approximate surface area is 188 Å². The van der Waals surface area contributed by atoms with E-state index in [4.69, 9.17) is 51.1 Å². The van der Waals surface area contributed by atoms with Crippen LogP contribution in [0.25, 0.3) is 16.2 Å². The molecule has 0 atom stereocenters. The number of amides is 1. The fraction of sp³-hybridized carbons (Fsp3) is 0.0556. The molecule has 1 N–H and O–H groups in total. The maximum Gasteiger partial charge on any atom is 0.264 e. The molecule has 148 valence electrons. The van der Waals surface area contributed by atoms with Gasteiger partial charge in [0.1, 0.15) is 5.75 Å². The van der Waals surface area contributed by atoms with Gasteiger partial charge in [-0.3, -0.25) is 10.1 Å². The second-order valence-corrected chi connectivity index (χ2v) is 8.31. The zero-order chi connectivity index (χ0) is 20.5. The van der Waals surface area contributed by atoms with Crippen LogP contribution in [0.4, 0.5) is 5.95 Å². The molecule has 0 spiro atoms. The molecule has 4 aromatic rings. The number of hydrogen-bond acceptors (Lipinski definition) is 5. The number of carbonyl (C=O) groups excluding carboxylic acids is 1. The smallest absolute Gasteiger partial charge is 0.264 e. The number of aromatic nitrogens is 3. The molecule has 2 aromatic heterocycles. The van der Waals surface area contributed by atoms with E-state index in [1.165, 1.54) is 17.4 Å². The Morgan fingerprint density at radius 3 is 2.52 bits per heavy atom. The number of thiazole rings is 1. The molecule has 0 bridgehead atoms. The first-order chi connectivity index (χ1) is 13.9. The van der Waals surface area contributed by atoms with Gasteiger partial charge in [-0.15, -0.1) is 16.4 Å². The first-order valence-corrected chi connectivity index (χ1v) is 10.5. The SMILES string of the molecule is O=C(COc1ccc(Cl)cc1Cl)Nc1nc2scc(-c3ccc(Cl)cc3Cl)n2n1. The maximum absolute atomic E-state index is 12.2. The van der Waals surface area contributed by atoms with Gasteiger partial charge in [-0.05, 0) is 36.4 Å². The lowest BCUT2D eigenvalue weighted by molar-refractivity contribution is -0.118. The molecular formula is C18H10Cl4N4O2S. The Morgan fingerprint density at radius 2 is 1.79 bits per heavy atom. The highest BCUT2D eigenvalue weighted by atomic mass is 35.5. The number of fused-ring (bicyclic) bond motifs is 1. The maximum atomic E-state index is 12.2. The van der Waals surface area contributed by atoms with Crippen LogP contribution in [0, 0.1) is 0 Å². The zero-order valence-corrected chi connectivity index (χ0v) is 18.2. The molecule has 0 saturated heterocycles. The summed E-state index contributed by atoms with van der Waals surface area (Å²) >= 11 is 25.5. The summed E-state index contributed by atoms with van der Waals surface area (Å²) in [5.74, 6) is 0.0731. The monoisotopic (exact) mass is 486 g/mol. The van der Waals surface area contributed by atoms with Gasteiger partial charge in [-0.2, -0.15) is 4.98 Å². The summed E-state index contributed by atoms with van der Waals surface area (Å²) in [7, 11) is 0. The molecule has 0 aliphatic rings. The van der Waals surface area contributed by atoms with Crippen LogP contribution in [-0.2, 0) is 4.79 Å². The first-order valence-electron chi connectivity index (χ1n) is 8.08. The average molecular weight is 488 g/mol. The number of carbonyl (C=O) groups is 1. The van der Waals surface area contributed by atoms with Crippen molar-refractivity contribution in [3.05, 3.63) is 61.9 Å². The third-order valence-electron chi connectivity index (χ3n) is 3.79. The van der Waals surface area contributed by atoms with Crippen LogP contribution in [0.2, 0.25) is 20.1 Å². The van der Waals surface area contributed by atoms with E-state index in [0.717, 1.165) is 11.3 Å². The summed E-state index contributed by atoms with van der Waals surface area (Å²) in [6.07, 6.45) is 0. The molecule has 0 fully saturated rings. The molecular weight excluding hydrogens is 478 g/mol. The van der Waals surface area contributed by atoms with Crippen LogP contribution in [0.5, 0.6) is 5.75 Å². The van der Waals surface area contributed by atoms with Crippen molar-refractivity contribution < 1.29 is 9.53 Å². The first kappa shape index (κ1) is 20.3. The Hall–Kier alpha value is -2.03. The van der Waals surface area contributed by atoms with Gasteiger partial charge >= 0.3 is 0 Å². The fourth-order valence-electron chi connectivity index (χ4n) is 2.51. The third-order valence-corrected chi connectivity index (χ3v) is 5.69. The Kier molecular flexibility index (Phi) is 5.85. The highest BCUT2D eigenvalue weighted by Gasteiger charge is 2.16. The van der Waals surface area contributed by atoms with E-state index < -0.39 is 5.91 Å². The van der Waals surface area contributed by atoms with Gasteiger partial charge < -0.3 is 4.74 Å². The van der Waals surface area contributed by atoms with Crippen molar-refractivity contribution in [3.8, 4) is 17.0 Å². The number of rotatable bonds is 5. The number of benzene rings is 2. The van der Waals surface area contributed by atoms with Crippen molar-refractivity contribution in [1.29, 1.82) is 0 Å². The number of nitrogens with zero attached hydrogens (tertiary/aromatic N) is 3. The molecule has 0 saturated carbocycles. The summed E-state index contributed by atoms with van der Waals surface area (Å²) in [5.41, 5.74) is 1.50. The second-order valence-electron chi connectivity index (χ2n) is 5.79. The summed E-state index contributed by atoms with van der Waals surface area (Å²) in [6, 6.07) is 9.94. The standard InChI is InChI=1S/C18H10Cl4N4O2S/c19-9-1-3-11(12(21)5-9)14-8-29-18-24-17(25-26(14)18)23-16(27)7-28-15-4-2-10(20)6-13(15)22/h1-6,8H,7H2,(H,23,25,27). The van der Waals surface area contributed by atoms with E-state index in [1.807, 2.05) is 5.38 Å². The van der Waals surface area contributed by atoms with Gasteiger partial charge in [0.25, 0.3) is 11.9 Å². The Bertz CT molecular complexity index is 1220. The van der Waals surface area contributed by atoms with Crippen molar-refractivity contribution in [3.63, 3.8) is 0 Å².